The number of hydrogen-bond acceptors (Lipinski definition) is 4. The van der Waals surface area contributed by atoms with Crippen LogP contribution in [0.15, 0.2) is 72.8 Å². The number of aryl methyl sites for hydroxylation is 1. The largest absolute Gasteiger partial charge is 0.426 e. The number of carbonyl (C=O) groups is 2. The summed E-state index contributed by atoms with van der Waals surface area (Å²) in [6, 6.07) is 23.8. The Bertz CT molecular complexity index is 1060. The highest BCUT2D eigenvalue weighted by molar-refractivity contribution is 5.77. The van der Waals surface area contributed by atoms with E-state index in [-0.39, 0.29) is 12.3 Å². The molecule has 1 amide bonds. The first-order chi connectivity index (χ1) is 14.4. The van der Waals surface area contributed by atoms with Crippen LogP contribution in [0.3, 0.4) is 0 Å². The molecule has 0 bridgehead atoms. The van der Waals surface area contributed by atoms with E-state index in [1.807, 2.05) is 55.5 Å². The zero-order chi connectivity index (χ0) is 21.5. The Kier molecular flexibility index (Phi) is 6.61. The first-order valence-corrected chi connectivity index (χ1v) is 9.59. The summed E-state index contributed by atoms with van der Waals surface area (Å²) >= 11 is 0. The van der Waals surface area contributed by atoms with E-state index in [2.05, 4.69) is 11.4 Å². The lowest BCUT2D eigenvalue weighted by Gasteiger charge is -2.18. The Morgan fingerprint density at radius 3 is 2.03 bits per heavy atom. The monoisotopic (exact) mass is 398 g/mol. The molecule has 0 unspecified atom stereocenters. The number of carbonyl (C=O) groups excluding carboxylic acids is 2. The first kappa shape index (κ1) is 20.8. The van der Waals surface area contributed by atoms with Gasteiger partial charge in [0.2, 0.25) is 5.91 Å². The molecule has 0 saturated heterocycles. The van der Waals surface area contributed by atoms with E-state index in [9.17, 15) is 9.59 Å². The number of nitriles is 1. The minimum atomic E-state index is -0.450. The Labute approximate surface area is 175 Å². The van der Waals surface area contributed by atoms with Crippen molar-refractivity contribution in [2.24, 2.45) is 0 Å². The number of rotatable bonds is 6. The van der Waals surface area contributed by atoms with E-state index >= 15 is 0 Å². The van der Waals surface area contributed by atoms with Gasteiger partial charge in [-0.15, -0.1) is 0 Å². The van der Waals surface area contributed by atoms with Gasteiger partial charge in [0.05, 0.1) is 24.1 Å². The van der Waals surface area contributed by atoms with Gasteiger partial charge in [0, 0.05) is 6.92 Å². The number of hydrogen-bond donors (Lipinski definition) is 1. The molecule has 0 spiro atoms. The van der Waals surface area contributed by atoms with Crippen molar-refractivity contribution in [3.8, 4) is 22.9 Å². The minimum Gasteiger partial charge on any atom is -0.426 e. The van der Waals surface area contributed by atoms with Crippen molar-refractivity contribution in [1.82, 2.24) is 5.32 Å². The van der Waals surface area contributed by atoms with Gasteiger partial charge in [-0.05, 0) is 47.9 Å². The number of benzene rings is 3. The van der Waals surface area contributed by atoms with Crippen molar-refractivity contribution in [2.75, 3.05) is 0 Å². The van der Waals surface area contributed by atoms with E-state index in [1.54, 1.807) is 24.3 Å². The summed E-state index contributed by atoms with van der Waals surface area (Å²) in [6.45, 7) is 3.40. The molecule has 5 heteroatoms. The maximum absolute atomic E-state index is 12.5. The molecule has 0 fully saturated rings. The van der Waals surface area contributed by atoms with E-state index in [4.69, 9.17) is 10.00 Å². The molecule has 3 aromatic rings. The van der Waals surface area contributed by atoms with Crippen LogP contribution in [-0.4, -0.2) is 11.9 Å². The van der Waals surface area contributed by atoms with Crippen LogP contribution in [0, 0.1) is 18.3 Å². The lowest BCUT2D eigenvalue weighted by atomic mass is 10.0. The maximum Gasteiger partial charge on any atom is 0.313 e. The van der Waals surface area contributed by atoms with Gasteiger partial charge in [-0.2, -0.15) is 5.26 Å². The maximum atomic E-state index is 12.5. The summed E-state index contributed by atoms with van der Waals surface area (Å²) in [5, 5.41) is 11.7. The predicted octanol–water partition coefficient (Wildman–Crippen LogP) is 4.71. The summed E-state index contributed by atoms with van der Waals surface area (Å²) in [4.78, 5) is 24.0. The third kappa shape index (κ3) is 5.55. The second kappa shape index (κ2) is 9.53. The minimum absolute atomic E-state index is 0.0278. The summed E-state index contributed by atoms with van der Waals surface area (Å²) in [7, 11) is 0. The summed E-state index contributed by atoms with van der Waals surface area (Å²) in [6.07, 6.45) is 0.0278. The average Bonchev–Trinajstić information content (AvgIpc) is 2.74. The number of esters is 1. The van der Waals surface area contributed by atoms with Crippen molar-refractivity contribution in [2.45, 2.75) is 26.3 Å². The molecule has 3 rings (SSSR count). The topological polar surface area (TPSA) is 79.2 Å². The molecular weight excluding hydrogens is 376 g/mol. The molecule has 0 heterocycles. The van der Waals surface area contributed by atoms with Crippen LogP contribution in [0.25, 0.3) is 11.1 Å². The third-order valence-corrected chi connectivity index (χ3v) is 4.66. The number of nitrogens with one attached hydrogen (secondary N) is 1. The summed E-state index contributed by atoms with van der Waals surface area (Å²) < 4.78 is 5.47. The molecule has 0 aliphatic carbocycles. The van der Waals surface area contributed by atoms with Crippen molar-refractivity contribution in [3.05, 3.63) is 89.5 Å². The van der Waals surface area contributed by atoms with E-state index in [1.165, 1.54) is 6.92 Å². The van der Waals surface area contributed by atoms with Crippen LogP contribution in [0.1, 0.15) is 36.1 Å². The molecule has 150 valence electrons. The number of nitrogens with zero attached hydrogens (tertiary/aromatic N) is 1. The summed E-state index contributed by atoms with van der Waals surface area (Å²) in [5.74, 6) is -0.205. The van der Waals surface area contributed by atoms with Gasteiger partial charge >= 0.3 is 5.97 Å². The molecule has 3 aromatic carbocycles. The van der Waals surface area contributed by atoms with Gasteiger partial charge < -0.3 is 10.1 Å². The van der Waals surface area contributed by atoms with Gasteiger partial charge in [-0.25, -0.2) is 0 Å². The quantitative estimate of drug-likeness (QED) is 0.482. The van der Waals surface area contributed by atoms with Crippen molar-refractivity contribution < 1.29 is 14.3 Å². The van der Waals surface area contributed by atoms with Crippen LogP contribution in [0.4, 0.5) is 0 Å². The molecule has 0 aliphatic heterocycles. The van der Waals surface area contributed by atoms with E-state index in [0.717, 1.165) is 22.3 Å². The molecule has 5 nitrogen and oxygen atoms in total. The third-order valence-electron chi connectivity index (χ3n) is 4.66. The molecule has 0 radical (unpaired) electrons. The van der Waals surface area contributed by atoms with Gasteiger partial charge in [0.15, 0.2) is 0 Å². The number of amides is 1. The lowest BCUT2D eigenvalue weighted by Crippen LogP contribution is -2.29. The van der Waals surface area contributed by atoms with Gasteiger partial charge in [-0.3, -0.25) is 9.59 Å². The van der Waals surface area contributed by atoms with Crippen LogP contribution in [0.2, 0.25) is 0 Å². The standard InChI is InChI=1S/C25H22N2O3/c1-17-3-7-22(8-4-17)24(27-18(2)28)15-25(29)30-23-13-11-21(12-14-23)20-9-5-19(16-26)6-10-20/h3-14,24H,15H2,1-2H3,(H,27,28)/t24-/m1/s1. The smallest absolute Gasteiger partial charge is 0.313 e. The number of ether oxygens (including phenoxy) is 1. The van der Waals surface area contributed by atoms with Crippen molar-refractivity contribution >= 4 is 11.9 Å². The fourth-order valence-electron chi connectivity index (χ4n) is 3.09. The summed E-state index contributed by atoms with van der Waals surface area (Å²) in [5.41, 5.74) is 4.48. The SMILES string of the molecule is CC(=O)N[C@H](CC(=O)Oc1ccc(-c2ccc(C#N)cc2)cc1)c1ccc(C)cc1. The fraction of sp³-hybridized carbons (Fsp3) is 0.160. The van der Waals surface area contributed by atoms with Crippen LogP contribution in [0.5, 0.6) is 5.75 Å². The van der Waals surface area contributed by atoms with Crippen molar-refractivity contribution in [3.63, 3.8) is 0 Å². The normalized spacial score (nSPS) is 11.2. The van der Waals surface area contributed by atoms with E-state index < -0.39 is 12.0 Å². The van der Waals surface area contributed by atoms with Crippen LogP contribution < -0.4 is 10.1 Å². The van der Waals surface area contributed by atoms with Crippen LogP contribution >= 0.6 is 0 Å². The van der Waals surface area contributed by atoms with Crippen LogP contribution in [-0.2, 0) is 9.59 Å². The zero-order valence-electron chi connectivity index (χ0n) is 16.9. The highest BCUT2D eigenvalue weighted by Gasteiger charge is 2.18. The Balaban J connectivity index is 1.67. The Hall–Kier alpha value is -3.91. The van der Waals surface area contributed by atoms with Gasteiger partial charge in [0.25, 0.3) is 0 Å². The zero-order valence-corrected chi connectivity index (χ0v) is 16.9. The van der Waals surface area contributed by atoms with E-state index in [0.29, 0.717) is 11.3 Å². The van der Waals surface area contributed by atoms with Gasteiger partial charge in [0.1, 0.15) is 5.75 Å². The Morgan fingerprint density at radius 1 is 0.933 bits per heavy atom. The fourth-order valence-corrected chi connectivity index (χ4v) is 3.09. The van der Waals surface area contributed by atoms with Crippen molar-refractivity contribution in [1.29, 1.82) is 5.26 Å². The molecule has 0 saturated carbocycles. The molecule has 30 heavy (non-hydrogen) atoms. The lowest BCUT2D eigenvalue weighted by molar-refractivity contribution is -0.135. The second-order valence-corrected chi connectivity index (χ2v) is 7.06. The average molecular weight is 398 g/mol. The highest BCUT2D eigenvalue weighted by Crippen LogP contribution is 2.24. The molecule has 0 aromatic heterocycles. The highest BCUT2D eigenvalue weighted by atomic mass is 16.5. The Morgan fingerprint density at radius 2 is 1.50 bits per heavy atom. The molecule has 1 N–H and O–H groups in total. The predicted molar refractivity (Wildman–Crippen MR) is 115 cm³/mol. The molecule has 1 atom stereocenters. The van der Waals surface area contributed by atoms with Gasteiger partial charge in [-0.1, -0.05) is 54.1 Å². The molecular formula is C25H22N2O3. The first-order valence-electron chi connectivity index (χ1n) is 9.59. The molecule has 0 aliphatic rings. The second-order valence-electron chi connectivity index (χ2n) is 7.06.